The van der Waals surface area contributed by atoms with Gasteiger partial charge in [-0.25, -0.2) is 0 Å². The Bertz CT molecular complexity index is 239. The fourth-order valence-electron chi connectivity index (χ4n) is 3.02. The Kier molecular flexibility index (Phi) is 5.50. The molecule has 2 aliphatic rings. The lowest BCUT2D eigenvalue weighted by Crippen LogP contribution is -2.36. The van der Waals surface area contributed by atoms with Gasteiger partial charge in [-0.2, -0.15) is 0 Å². The largest absolute Gasteiger partial charge is 0.374 e. The van der Waals surface area contributed by atoms with Gasteiger partial charge in [0.25, 0.3) is 0 Å². The minimum atomic E-state index is 0.446. The molecule has 1 N–H and O–H groups in total. The molecule has 4 atom stereocenters. The van der Waals surface area contributed by atoms with E-state index in [-0.39, 0.29) is 0 Å². The average molecular weight is 253 g/mol. The molecule has 2 saturated carbocycles. The molecule has 2 aliphatic carbocycles. The van der Waals surface area contributed by atoms with E-state index in [9.17, 15) is 0 Å². The van der Waals surface area contributed by atoms with Crippen LogP contribution in [-0.2, 0) is 4.74 Å². The summed E-state index contributed by atoms with van der Waals surface area (Å²) in [6.45, 7) is 8.11. The summed E-state index contributed by atoms with van der Waals surface area (Å²) in [5.74, 6) is 1.72. The van der Waals surface area contributed by atoms with Gasteiger partial charge in [-0.1, -0.05) is 27.2 Å². The molecule has 0 amide bonds. The molecule has 0 aromatic heterocycles. The van der Waals surface area contributed by atoms with E-state index < -0.39 is 0 Å². The van der Waals surface area contributed by atoms with Crippen molar-refractivity contribution >= 4 is 0 Å². The van der Waals surface area contributed by atoms with Crippen molar-refractivity contribution in [3.05, 3.63) is 0 Å². The quantitative estimate of drug-likeness (QED) is 0.746. The molecule has 106 valence electrons. The van der Waals surface area contributed by atoms with Gasteiger partial charge in [0.2, 0.25) is 0 Å². The topological polar surface area (TPSA) is 21.3 Å². The summed E-state index contributed by atoms with van der Waals surface area (Å²) in [5.41, 5.74) is 0. The minimum absolute atomic E-state index is 0.446. The lowest BCUT2D eigenvalue weighted by Gasteiger charge is -2.34. The van der Waals surface area contributed by atoms with Gasteiger partial charge in [-0.3, -0.25) is 0 Å². The molecule has 18 heavy (non-hydrogen) atoms. The van der Waals surface area contributed by atoms with Crippen molar-refractivity contribution in [2.24, 2.45) is 11.8 Å². The van der Waals surface area contributed by atoms with Crippen LogP contribution in [0.15, 0.2) is 0 Å². The summed E-state index contributed by atoms with van der Waals surface area (Å²) >= 11 is 0. The number of ether oxygens (including phenoxy) is 1. The molecule has 0 bridgehead atoms. The maximum Gasteiger partial charge on any atom is 0.0703 e. The highest BCUT2D eigenvalue weighted by Crippen LogP contribution is 2.31. The molecule has 4 unspecified atom stereocenters. The zero-order chi connectivity index (χ0) is 13.0. The first-order valence-corrected chi connectivity index (χ1v) is 8.07. The second-order valence-corrected chi connectivity index (χ2v) is 6.62. The highest BCUT2D eigenvalue weighted by molar-refractivity contribution is 4.83. The molecule has 2 fully saturated rings. The predicted molar refractivity (Wildman–Crippen MR) is 76.8 cm³/mol. The van der Waals surface area contributed by atoms with Crippen molar-refractivity contribution in [3.8, 4) is 0 Å². The average Bonchev–Trinajstić information content (AvgIpc) is 3.15. The van der Waals surface area contributed by atoms with E-state index in [2.05, 4.69) is 26.1 Å². The van der Waals surface area contributed by atoms with E-state index in [0.29, 0.717) is 12.2 Å². The minimum Gasteiger partial charge on any atom is -0.374 e. The van der Waals surface area contributed by atoms with Crippen molar-refractivity contribution in [3.63, 3.8) is 0 Å². The monoisotopic (exact) mass is 253 g/mol. The van der Waals surface area contributed by atoms with Crippen LogP contribution in [0.3, 0.4) is 0 Å². The molecule has 2 nitrogen and oxygen atoms in total. The second kappa shape index (κ2) is 6.91. The number of rotatable bonds is 7. The van der Waals surface area contributed by atoms with Gasteiger partial charge in [0.15, 0.2) is 0 Å². The third kappa shape index (κ3) is 4.55. The summed E-state index contributed by atoms with van der Waals surface area (Å²) < 4.78 is 6.37. The van der Waals surface area contributed by atoms with Crippen LogP contribution in [-0.4, -0.2) is 24.8 Å². The maximum atomic E-state index is 6.37. The van der Waals surface area contributed by atoms with Crippen LogP contribution < -0.4 is 5.32 Å². The Hall–Kier alpha value is -0.0800. The number of hydrogen-bond donors (Lipinski definition) is 1. The molecule has 2 heteroatoms. The molecular weight excluding hydrogens is 222 g/mol. The van der Waals surface area contributed by atoms with Crippen LogP contribution in [0.5, 0.6) is 0 Å². The Labute approximate surface area is 113 Å². The van der Waals surface area contributed by atoms with Gasteiger partial charge in [-0.15, -0.1) is 0 Å². The third-order valence-corrected chi connectivity index (χ3v) is 4.76. The molecule has 0 heterocycles. The van der Waals surface area contributed by atoms with Gasteiger partial charge in [0.05, 0.1) is 12.2 Å². The Morgan fingerprint density at radius 1 is 1.11 bits per heavy atom. The van der Waals surface area contributed by atoms with Crippen molar-refractivity contribution < 1.29 is 4.74 Å². The Morgan fingerprint density at radius 3 is 2.50 bits per heavy atom. The lowest BCUT2D eigenvalue weighted by atomic mass is 9.80. The van der Waals surface area contributed by atoms with Crippen LogP contribution in [0.2, 0.25) is 0 Å². The van der Waals surface area contributed by atoms with Crippen LogP contribution in [0.1, 0.15) is 65.7 Å². The zero-order valence-corrected chi connectivity index (χ0v) is 12.5. The van der Waals surface area contributed by atoms with Crippen LogP contribution in [0.25, 0.3) is 0 Å². The standard InChI is InChI=1S/C16H31NO/c1-4-5-16(11-17-14-7-8-14)18-15-9-6-12(2)13(3)10-15/h12-17H,4-11H2,1-3H3. The molecule has 0 aromatic carbocycles. The number of hydrogen-bond acceptors (Lipinski definition) is 2. The first kappa shape index (κ1) is 14.3. The van der Waals surface area contributed by atoms with E-state index >= 15 is 0 Å². The van der Waals surface area contributed by atoms with Gasteiger partial charge >= 0.3 is 0 Å². The normalized spacial score (nSPS) is 34.5. The molecule has 0 aromatic rings. The smallest absolute Gasteiger partial charge is 0.0703 e. The SMILES string of the molecule is CCCC(CNC1CC1)OC1CCC(C)C(C)C1. The van der Waals surface area contributed by atoms with Gasteiger partial charge in [0.1, 0.15) is 0 Å². The van der Waals surface area contributed by atoms with Crippen molar-refractivity contribution in [2.75, 3.05) is 6.54 Å². The summed E-state index contributed by atoms with van der Waals surface area (Å²) in [7, 11) is 0. The summed E-state index contributed by atoms with van der Waals surface area (Å²) in [4.78, 5) is 0. The van der Waals surface area contributed by atoms with E-state index in [1.54, 1.807) is 0 Å². The van der Waals surface area contributed by atoms with Gasteiger partial charge < -0.3 is 10.1 Å². The fraction of sp³-hybridized carbons (Fsp3) is 1.00. The first-order valence-electron chi connectivity index (χ1n) is 8.07. The van der Waals surface area contributed by atoms with E-state index in [1.807, 2.05) is 0 Å². The Morgan fingerprint density at radius 2 is 1.89 bits per heavy atom. The lowest BCUT2D eigenvalue weighted by molar-refractivity contribution is -0.0495. The van der Waals surface area contributed by atoms with E-state index in [1.165, 1.54) is 44.9 Å². The van der Waals surface area contributed by atoms with Crippen LogP contribution in [0.4, 0.5) is 0 Å². The van der Waals surface area contributed by atoms with Crippen molar-refractivity contribution in [1.82, 2.24) is 5.32 Å². The van der Waals surface area contributed by atoms with Crippen molar-refractivity contribution in [2.45, 2.75) is 84.0 Å². The third-order valence-electron chi connectivity index (χ3n) is 4.76. The predicted octanol–water partition coefficient (Wildman–Crippen LogP) is 3.75. The molecule has 0 radical (unpaired) electrons. The maximum absolute atomic E-state index is 6.37. The highest BCUT2D eigenvalue weighted by Gasteiger charge is 2.28. The van der Waals surface area contributed by atoms with Crippen molar-refractivity contribution in [1.29, 1.82) is 0 Å². The molecule has 2 rings (SSSR count). The number of nitrogens with one attached hydrogen (secondary N) is 1. The summed E-state index contributed by atoms with van der Waals surface area (Å²) in [5, 5.41) is 3.63. The molecule has 0 saturated heterocycles. The molecular formula is C16H31NO. The Balaban J connectivity index is 1.72. The molecule has 0 aliphatic heterocycles. The van der Waals surface area contributed by atoms with Gasteiger partial charge in [0, 0.05) is 12.6 Å². The zero-order valence-electron chi connectivity index (χ0n) is 12.5. The first-order chi connectivity index (χ1) is 8.69. The van der Waals surface area contributed by atoms with E-state index in [4.69, 9.17) is 4.74 Å². The van der Waals surface area contributed by atoms with E-state index in [0.717, 1.165) is 24.4 Å². The molecule has 0 spiro atoms. The van der Waals surface area contributed by atoms with Crippen LogP contribution in [0, 0.1) is 11.8 Å². The summed E-state index contributed by atoms with van der Waals surface area (Å²) in [6.07, 6.45) is 10.0. The summed E-state index contributed by atoms with van der Waals surface area (Å²) in [6, 6.07) is 0.804. The van der Waals surface area contributed by atoms with Crippen LogP contribution >= 0.6 is 0 Å². The second-order valence-electron chi connectivity index (χ2n) is 6.62. The van der Waals surface area contributed by atoms with Gasteiger partial charge in [-0.05, 0) is 50.4 Å². The highest BCUT2D eigenvalue weighted by atomic mass is 16.5. The fourth-order valence-corrected chi connectivity index (χ4v) is 3.02.